The van der Waals surface area contributed by atoms with Gasteiger partial charge in [-0.05, 0) is 24.3 Å². The summed E-state index contributed by atoms with van der Waals surface area (Å²) in [5.41, 5.74) is 0.882. The van der Waals surface area contributed by atoms with Gasteiger partial charge in [0.05, 0.1) is 4.90 Å². The summed E-state index contributed by atoms with van der Waals surface area (Å²) in [6, 6.07) is 5.99. The van der Waals surface area contributed by atoms with Crippen molar-refractivity contribution in [3.8, 4) is 0 Å². The molecule has 0 saturated heterocycles. The van der Waals surface area contributed by atoms with Crippen molar-refractivity contribution in [1.29, 1.82) is 0 Å². The summed E-state index contributed by atoms with van der Waals surface area (Å²) in [6.45, 7) is 0. The third-order valence-electron chi connectivity index (χ3n) is 1.65. The number of anilines is 1. The average molecular weight is 224 g/mol. The van der Waals surface area contributed by atoms with E-state index < -0.39 is 10.1 Å². The van der Waals surface area contributed by atoms with Crippen molar-refractivity contribution in [3.63, 3.8) is 0 Å². The summed E-state index contributed by atoms with van der Waals surface area (Å²) in [5, 5.41) is 0. The fourth-order valence-electron chi connectivity index (χ4n) is 0.916. The molecule has 0 aromatic heterocycles. The molecule has 1 aromatic rings. The van der Waals surface area contributed by atoms with Crippen LogP contribution in [0, 0.1) is 0 Å². The van der Waals surface area contributed by atoms with Gasteiger partial charge < -0.3 is 4.90 Å². The average Bonchev–Trinajstić information content (AvgIpc) is 2.03. The van der Waals surface area contributed by atoms with Gasteiger partial charge in [0.15, 0.2) is 0 Å². The van der Waals surface area contributed by atoms with Gasteiger partial charge >= 0.3 is 0 Å². The molecule has 1 rings (SSSR count). The molecule has 0 saturated carbocycles. The van der Waals surface area contributed by atoms with Gasteiger partial charge in [0.1, 0.15) is 0 Å². The molecule has 73 valence electrons. The van der Waals surface area contributed by atoms with E-state index in [4.69, 9.17) is 4.55 Å². The standard InChI is InChI=1S/C8H11NO3S.Na/c1-9(2)7-3-5-8(6-4-7)13(10,11)12;/h3-6H,1-2H3,(H,10,11,12);. The molecular formula is C8H11NNaO3S. The molecule has 0 aliphatic rings. The Balaban J connectivity index is 0.00000169. The van der Waals surface area contributed by atoms with E-state index in [9.17, 15) is 8.42 Å². The zero-order valence-corrected chi connectivity index (χ0v) is 11.2. The monoisotopic (exact) mass is 224 g/mol. The van der Waals surface area contributed by atoms with Crippen LogP contribution < -0.4 is 4.90 Å². The Bertz CT molecular complexity index is 386. The zero-order valence-electron chi connectivity index (χ0n) is 8.43. The molecular weight excluding hydrogens is 213 g/mol. The van der Waals surface area contributed by atoms with Crippen molar-refractivity contribution in [2.24, 2.45) is 0 Å². The fraction of sp³-hybridized carbons (Fsp3) is 0.250. The Morgan fingerprint density at radius 1 is 1.14 bits per heavy atom. The predicted octanol–water partition coefficient (Wildman–Crippen LogP) is 0.619. The van der Waals surface area contributed by atoms with Crippen molar-refractivity contribution < 1.29 is 13.0 Å². The summed E-state index contributed by atoms with van der Waals surface area (Å²) in [6.07, 6.45) is 0. The van der Waals surface area contributed by atoms with Gasteiger partial charge in [0.25, 0.3) is 10.1 Å². The molecule has 0 unspecified atom stereocenters. The van der Waals surface area contributed by atoms with Crippen LogP contribution in [0.4, 0.5) is 5.69 Å². The van der Waals surface area contributed by atoms with E-state index in [1.165, 1.54) is 12.1 Å². The van der Waals surface area contributed by atoms with E-state index in [1.807, 2.05) is 19.0 Å². The van der Waals surface area contributed by atoms with Crippen LogP contribution in [0.3, 0.4) is 0 Å². The maximum Gasteiger partial charge on any atom is 0.294 e. The van der Waals surface area contributed by atoms with Gasteiger partial charge in [-0.3, -0.25) is 4.55 Å². The van der Waals surface area contributed by atoms with Crippen LogP contribution in [0.25, 0.3) is 0 Å². The van der Waals surface area contributed by atoms with Gasteiger partial charge in [0.2, 0.25) is 0 Å². The van der Waals surface area contributed by atoms with Crippen LogP contribution in [-0.2, 0) is 10.1 Å². The van der Waals surface area contributed by atoms with E-state index >= 15 is 0 Å². The first kappa shape index (κ1) is 13.9. The Kier molecular flexibility index (Phi) is 5.11. The van der Waals surface area contributed by atoms with E-state index in [-0.39, 0.29) is 34.5 Å². The van der Waals surface area contributed by atoms with Crippen molar-refractivity contribution in [2.75, 3.05) is 19.0 Å². The van der Waals surface area contributed by atoms with Gasteiger partial charge in [-0.25, -0.2) is 0 Å². The first-order valence-corrected chi connectivity index (χ1v) is 5.10. The molecule has 0 heterocycles. The van der Waals surface area contributed by atoms with Crippen molar-refractivity contribution in [2.45, 2.75) is 4.90 Å². The zero-order chi connectivity index (χ0) is 10.1. The SMILES string of the molecule is CN(C)c1ccc(S(=O)(=O)O)cc1.[Na]. The second-order valence-electron chi connectivity index (χ2n) is 2.86. The van der Waals surface area contributed by atoms with Crippen LogP contribution in [0.1, 0.15) is 0 Å². The minimum absolute atomic E-state index is 0. The fourth-order valence-corrected chi connectivity index (χ4v) is 1.40. The molecule has 0 atom stereocenters. The Labute approximate surface area is 106 Å². The topological polar surface area (TPSA) is 57.6 Å². The van der Waals surface area contributed by atoms with Gasteiger partial charge in [0, 0.05) is 49.3 Å². The predicted molar refractivity (Wildman–Crippen MR) is 56.3 cm³/mol. The molecule has 6 heteroatoms. The van der Waals surface area contributed by atoms with Crippen LogP contribution in [0.5, 0.6) is 0 Å². The third kappa shape index (κ3) is 3.59. The van der Waals surface area contributed by atoms with Gasteiger partial charge in [-0.2, -0.15) is 8.42 Å². The molecule has 0 fully saturated rings. The maximum absolute atomic E-state index is 10.7. The summed E-state index contributed by atoms with van der Waals surface area (Å²) in [7, 11) is -0.364. The van der Waals surface area contributed by atoms with Gasteiger partial charge in [-0.1, -0.05) is 0 Å². The Morgan fingerprint density at radius 2 is 1.57 bits per heavy atom. The molecule has 0 aliphatic carbocycles. The largest absolute Gasteiger partial charge is 0.378 e. The molecule has 0 aliphatic heterocycles. The molecule has 1 aromatic carbocycles. The molecule has 1 radical (unpaired) electrons. The number of hydrogen-bond acceptors (Lipinski definition) is 3. The number of hydrogen-bond donors (Lipinski definition) is 1. The summed E-state index contributed by atoms with van der Waals surface area (Å²) in [4.78, 5) is 1.76. The molecule has 0 amide bonds. The minimum atomic E-state index is -4.06. The molecule has 14 heavy (non-hydrogen) atoms. The van der Waals surface area contributed by atoms with Crippen LogP contribution >= 0.6 is 0 Å². The second-order valence-corrected chi connectivity index (χ2v) is 4.28. The van der Waals surface area contributed by atoms with E-state index in [0.29, 0.717) is 0 Å². The van der Waals surface area contributed by atoms with Gasteiger partial charge in [-0.15, -0.1) is 0 Å². The molecule has 4 nitrogen and oxygen atoms in total. The number of benzene rings is 1. The van der Waals surface area contributed by atoms with Crippen molar-refractivity contribution in [3.05, 3.63) is 24.3 Å². The number of rotatable bonds is 2. The van der Waals surface area contributed by atoms with E-state index in [2.05, 4.69) is 0 Å². The van der Waals surface area contributed by atoms with E-state index in [1.54, 1.807) is 12.1 Å². The quantitative estimate of drug-likeness (QED) is 0.591. The summed E-state index contributed by atoms with van der Waals surface area (Å²) < 4.78 is 30.0. The summed E-state index contributed by atoms with van der Waals surface area (Å²) >= 11 is 0. The molecule has 1 N–H and O–H groups in total. The van der Waals surface area contributed by atoms with Crippen LogP contribution in [0.15, 0.2) is 29.2 Å². The number of nitrogens with zero attached hydrogens (tertiary/aromatic N) is 1. The Hall–Kier alpha value is -0.0700. The van der Waals surface area contributed by atoms with Crippen LogP contribution in [-0.4, -0.2) is 56.6 Å². The Morgan fingerprint density at radius 3 is 1.86 bits per heavy atom. The molecule has 0 spiro atoms. The minimum Gasteiger partial charge on any atom is -0.378 e. The van der Waals surface area contributed by atoms with Crippen LogP contribution in [0.2, 0.25) is 0 Å². The van der Waals surface area contributed by atoms with Crippen molar-refractivity contribution in [1.82, 2.24) is 0 Å². The second kappa shape index (κ2) is 5.14. The first-order chi connectivity index (χ1) is 5.91. The first-order valence-electron chi connectivity index (χ1n) is 3.66. The maximum atomic E-state index is 10.7. The smallest absolute Gasteiger partial charge is 0.294 e. The third-order valence-corrected chi connectivity index (χ3v) is 2.52. The summed E-state index contributed by atoms with van der Waals surface area (Å²) in [5.74, 6) is 0. The normalized spacial score (nSPS) is 10.5. The molecule has 0 bridgehead atoms. The van der Waals surface area contributed by atoms with Crippen molar-refractivity contribution >= 4 is 45.4 Å². The van der Waals surface area contributed by atoms with E-state index in [0.717, 1.165) is 5.69 Å².